The van der Waals surface area contributed by atoms with E-state index in [1.54, 1.807) is 0 Å². The molecule has 11 rings (SSSR count). The van der Waals surface area contributed by atoms with E-state index >= 15 is 0 Å². The summed E-state index contributed by atoms with van der Waals surface area (Å²) in [6.45, 7) is 0. The second-order valence-corrected chi connectivity index (χ2v) is 12.7. The lowest BCUT2D eigenvalue weighted by Crippen LogP contribution is -2.00. The molecule has 6 nitrogen and oxygen atoms in total. The summed E-state index contributed by atoms with van der Waals surface area (Å²) < 4.78 is 19.5. The topological polar surface area (TPSA) is 78.1 Å². The number of nitrogens with zero attached hydrogens (tertiary/aromatic N) is 3. The van der Waals surface area contributed by atoms with Crippen LogP contribution in [0, 0.1) is 0 Å². The predicted octanol–water partition coefficient (Wildman–Crippen LogP) is 12.2. The van der Waals surface area contributed by atoms with Gasteiger partial charge in [-0.15, -0.1) is 0 Å². The Kier molecular flexibility index (Phi) is 5.86. The second kappa shape index (κ2) is 10.7. The summed E-state index contributed by atoms with van der Waals surface area (Å²) in [4.78, 5) is 15.1. The molecule has 0 amide bonds. The zero-order chi connectivity index (χ0) is 33.5. The third-order valence-corrected chi connectivity index (χ3v) is 9.77. The number of para-hydroxylation sites is 5. The number of hydrogen-bond donors (Lipinski definition) is 0. The molecule has 0 unspecified atom stereocenters. The summed E-state index contributed by atoms with van der Waals surface area (Å²) in [5, 5.41) is 6.26. The first-order valence-corrected chi connectivity index (χ1v) is 16.9. The van der Waals surface area contributed by atoms with E-state index in [0.29, 0.717) is 23.1 Å². The molecule has 0 saturated heterocycles. The van der Waals surface area contributed by atoms with E-state index in [1.165, 1.54) is 0 Å². The van der Waals surface area contributed by atoms with E-state index in [1.807, 2.05) is 91.0 Å². The van der Waals surface area contributed by atoms with Crippen LogP contribution in [-0.2, 0) is 0 Å². The highest BCUT2D eigenvalue weighted by atomic mass is 16.3. The summed E-state index contributed by atoms with van der Waals surface area (Å²) in [6.07, 6.45) is 0. The van der Waals surface area contributed by atoms with Gasteiger partial charge in [0.1, 0.15) is 33.5 Å². The largest absolute Gasteiger partial charge is 0.455 e. The number of benzene rings is 7. The molecule has 0 N–H and O–H groups in total. The maximum absolute atomic E-state index is 6.72. The summed E-state index contributed by atoms with van der Waals surface area (Å²) in [7, 11) is 0. The fraction of sp³-hybridized carbons (Fsp3) is 0. The van der Waals surface area contributed by atoms with Crippen molar-refractivity contribution >= 4 is 65.8 Å². The van der Waals surface area contributed by atoms with Crippen LogP contribution >= 0.6 is 0 Å². The molecule has 0 aliphatic carbocycles. The summed E-state index contributed by atoms with van der Waals surface area (Å²) in [5.74, 6) is 1.61. The third kappa shape index (κ3) is 4.26. The number of hydrogen-bond acceptors (Lipinski definition) is 6. The highest BCUT2D eigenvalue weighted by molar-refractivity contribution is 6.13. The Labute approximate surface area is 290 Å². The van der Waals surface area contributed by atoms with Crippen molar-refractivity contribution in [2.24, 2.45) is 0 Å². The molecule has 0 aliphatic heterocycles. The monoisotopic (exact) mass is 655 g/mol. The number of rotatable bonds is 4. The highest BCUT2D eigenvalue weighted by Crippen LogP contribution is 2.41. The van der Waals surface area contributed by atoms with Gasteiger partial charge in [-0.1, -0.05) is 115 Å². The highest BCUT2D eigenvalue weighted by Gasteiger charge is 2.21. The summed E-state index contributed by atoms with van der Waals surface area (Å²) >= 11 is 0. The van der Waals surface area contributed by atoms with Gasteiger partial charge in [-0.2, -0.15) is 0 Å². The van der Waals surface area contributed by atoms with Gasteiger partial charge in [0.2, 0.25) is 0 Å². The predicted molar refractivity (Wildman–Crippen MR) is 203 cm³/mol. The molecule has 7 aromatic carbocycles. The van der Waals surface area contributed by atoms with Crippen LogP contribution in [0.25, 0.3) is 111 Å². The zero-order valence-corrected chi connectivity index (χ0v) is 27.0. The number of aromatic nitrogens is 3. The standard InChI is InChI=1S/C45H25N3O3/c1-2-11-26(12-3-1)43-46-44(35-19-9-17-33-30-14-5-7-22-38(30)50-41(33)35)48-45(47-43)36-20-10-18-34-31-24-23-27(25-39(31)51-42(34)36)28-15-8-16-32-29-13-4-6-21-37(29)49-40(28)32/h1-25H. The van der Waals surface area contributed by atoms with Crippen LogP contribution < -0.4 is 0 Å². The molecule has 0 fully saturated rings. The molecule has 6 heteroatoms. The quantitative estimate of drug-likeness (QED) is 0.188. The Bertz CT molecular complexity index is 3150. The maximum Gasteiger partial charge on any atom is 0.167 e. The van der Waals surface area contributed by atoms with Crippen molar-refractivity contribution in [1.29, 1.82) is 0 Å². The Balaban J connectivity index is 1.11. The zero-order valence-electron chi connectivity index (χ0n) is 27.0. The molecule has 0 saturated carbocycles. The molecule has 4 heterocycles. The first-order chi connectivity index (χ1) is 25.3. The molecular weight excluding hydrogens is 631 g/mol. The van der Waals surface area contributed by atoms with E-state index in [2.05, 4.69) is 60.7 Å². The maximum atomic E-state index is 6.72. The van der Waals surface area contributed by atoms with Crippen molar-refractivity contribution in [1.82, 2.24) is 15.0 Å². The first kappa shape index (κ1) is 27.9. The van der Waals surface area contributed by atoms with Gasteiger partial charge in [0.05, 0.1) is 11.1 Å². The number of fused-ring (bicyclic) bond motifs is 9. The van der Waals surface area contributed by atoms with Crippen molar-refractivity contribution in [2.75, 3.05) is 0 Å². The van der Waals surface area contributed by atoms with Crippen LogP contribution in [0.2, 0.25) is 0 Å². The summed E-state index contributed by atoms with van der Waals surface area (Å²) in [6, 6.07) is 51.1. The van der Waals surface area contributed by atoms with Crippen LogP contribution in [0.15, 0.2) is 165 Å². The second-order valence-electron chi connectivity index (χ2n) is 12.7. The molecule has 11 aromatic rings. The molecule has 4 aromatic heterocycles. The Morgan fingerprint density at radius 3 is 1.35 bits per heavy atom. The van der Waals surface area contributed by atoms with E-state index < -0.39 is 0 Å². The molecule has 0 atom stereocenters. The Hall–Kier alpha value is -7.05. The average Bonchev–Trinajstić information content (AvgIpc) is 3.89. The van der Waals surface area contributed by atoms with Crippen molar-refractivity contribution in [3.63, 3.8) is 0 Å². The van der Waals surface area contributed by atoms with Gasteiger partial charge in [0.15, 0.2) is 17.5 Å². The fourth-order valence-corrected chi connectivity index (χ4v) is 7.37. The average molecular weight is 656 g/mol. The fourth-order valence-electron chi connectivity index (χ4n) is 7.37. The SMILES string of the molecule is c1ccc(-c2nc(-c3cccc4c3oc3ccccc34)nc(-c3cccc4c3oc3cc(-c5cccc6c5oc5ccccc56)ccc34)n2)cc1. The van der Waals surface area contributed by atoms with Crippen LogP contribution in [0.5, 0.6) is 0 Å². The molecule has 238 valence electrons. The molecule has 0 spiro atoms. The minimum Gasteiger partial charge on any atom is -0.455 e. The van der Waals surface area contributed by atoms with E-state index in [4.69, 9.17) is 28.2 Å². The van der Waals surface area contributed by atoms with Gasteiger partial charge in [-0.3, -0.25) is 0 Å². The minimum atomic E-state index is 0.517. The van der Waals surface area contributed by atoms with Crippen molar-refractivity contribution in [3.05, 3.63) is 152 Å². The van der Waals surface area contributed by atoms with Gasteiger partial charge >= 0.3 is 0 Å². The van der Waals surface area contributed by atoms with Crippen LogP contribution in [0.3, 0.4) is 0 Å². The van der Waals surface area contributed by atoms with Crippen molar-refractivity contribution < 1.29 is 13.3 Å². The molecular formula is C45H25N3O3. The minimum absolute atomic E-state index is 0.517. The Morgan fingerprint density at radius 2 is 0.745 bits per heavy atom. The van der Waals surface area contributed by atoms with Crippen LogP contribution in [0.1, 0.15) is 0 Å². The molecule has 0 bridgehead atoms. The Morgan fingerprint density at radius 1 is 0.294 bits per heavy atom. The van der Waals surface area contributed by atoms with E-state index in [9.17, 15) is 0 Å². The van der Waals surface area contributed by atoms with Crippen LogP contribution in [0.4, 0.5) is 0 Å². The first-order valence-electron chi connectivity index (χ1n) is 16.9. The van der Waals surface area contributed by atoms with Gasteiger partial charge in [0.25, 0.3) is 0 Å². The molecule has 0 radical (unpaired) electrons. The van der Waals surface area contributed by atoms with Gasteiger partial charge in [0, 0.05) is 43.4 Å². The molecule has 0 aliphatic rings. The smallest absolute Gasteiger partial charge is 0.167 e. The lowest BCUT2D eigenvalue weighted by Gasteiger charge is -2.09. The normalized spacial score (nSPS) is 11.9. The number of furan rings is 3. The van der Waals surface area contributed by atoms with Gasteiger partial charge in [-0.25, -0.2) is 15.0 Å². The lowest BCUT2D eigenvalue weighted by atomic mass is 10.0. The van der Waals surface area contributed by atoms with Gasteiger partial charge < -0.3 is 13.3 Å². The van der Waals surface area contributed by atoms with Crippen molar-refractivity contribution in [3.8, 4) is 45.3 Å². The van der Waals surface area contributed by atoms with Crippen molar-refractivity contribution in [2.45, 2.75) is 0 Å². The third-order valence-electron chi connectivity index (χ3n) is 9.77. The van der Waals surface area contributed by atoms with E-state index in [-0.39, 0.29) is 0 Å². The summed E-state index contributed by atoms with van der Waals surface area (Å²) in [5.41, 5.74) is 9.27. The van der Waals surface area contributed by atoms with E-state index in [0.717, 1.165) is 88.0 Å². The van der Waals surface area contributed by atoms with Gasteiger partial charge in [-0.05, 0) is 42.0 Å². The van der Waals surface area contributed by atoms with Crippen LogP contribution in [-0.4, -0.2) is 15.0 Å². The lowest BCUT2D eigenvalue weighted by molar-refractivity contribution is 0.668. The molecule has 51 heavy (non-hydrogen) atoms.